The van der Waals surface area contributed by atoms with Gasteiger partial charge in [-0.2, -0.15) is 0 Å². The van der Waals surface area contributed by atoms with E-state index in [4.69, 9.17) is 11.6 Å². The van der Waals surface area contributed by atoms with Crippen LogP contribution in [0.5, 0.6) is 0 Å². The third kappa shape index (κ3) is 3.32. The minimum Gasteiger partial charge on any atom is -0.333 e. The van der Waals surface area contributed by atoms with E-state index in [0.29, 0.717) is 22.8 Å². The van der Waals surface area contributed by atoms with E-state index in [9.17, 15) is 4.79 Å². The molecule has 1 amide bonds. The number of halogens is 1. The Morgan fingerprint density at radius 1 is 1.35 bits per heavy atom. The van der Waals surface area contributed by atoms with E-state index >= 15 is 0 Å². The van der Waals surface area contributed by atoms with Crippen molar-refractivity contribution in [1.82, 2.24) is 9.88 Å². The second-order valence-electron chi connectivity index (χ2n) is 5.76. The summed E-state index contributed by atoms with van der Waals surface area (Å²) >= 11 is 6.06. The van der Waals surface area contributed by atoms with Crippen molar-refractivity contribution in [3.05, 3.63) is 28.5 Å². The van der Waals surface area contributed by atoms with Gasteiger partial charge in [0.05, 0.1) is 0 Å². The summed E-state index contributed by atoms with van der Waals surface area (Å²) in [7, 11) is 0. The van der Waals surface area contributed by atoms with Crippen LogP contribution in [0, 0.1) is 0 Å². The average Bonchev–Trinajstić information content (AvgIpc) is 2.38. The van der Waals surface area contributed by atoms with Crippen LogP contribution in [0.1, 0.15) is 62.5 Å². The molecule has 1 aliphatic rings. The van der Waals surface area contributed by atoms with Crippen LogP contribution >= 0.6 is 11.6 Å². The fourth-order valence-corrected chi connectivity index (χ4v) is 3.26. The van der Waals surface area contributed by atoms with E-state index < -0.39 is 0 Å². The first kappa shape index (κ1) is 15.3. The summed E-state index contributed by atoms with van der Waals surface area (Å²) in [6.45, 7) is 6.35. The highest BCUT2D eigenvalue weighted by molar-refractivity contribution is 6.29. The molecular formula is C16H23ClN2O. The summed E-state index contributed by atoms with van der Waals surface area (Å²) in [5.41, 5.74) is 1.58. The molecule has 2 rings (SSSR count). The molecule has 4 heteroatoms. The molecule has 0 spiro atoms. The predicted molar refractivity (Wildman–Crippen MR) is 82.2 cm³/mol. The summed E-state index contributed by atoms with van der Waals surface area (Å²) in [6, 6.07) is 4.18. The smallest absolute Gasteiger partial charge is 0.254 e. The molecular weight excluding hydrogens is 272 g/mol. The molecule has 1 fully saturated rings. The minimum absolute atomic E-state index is 0.0892. The number of hydrogen-bond acceptors (Lipinski definition) is 2. The number of aromatic nitrogens is 1. The van der Waals surface area contributed by atoms with Gasteiger partial charge in [0, 0.05) is 23.3 Å². The van der Waals surface area contributed by atoms with E-state index in [2.05, 4.69) is 25.8 Å². The third-order valence-corrected chi connectivity index (χ3v) is 4.22. The van der Waals surface area contributed by atoms with Gasteiger partial charge in [0.2, 0.25) is 0 Å². The summed E-state index contributed by atoms with van der Waals surface area (Å²) < 4.78 is 0. The molecule has 0 aliphatic carbocycles. The molecule has 0 saturated carbocycles. The first-order valence-corrected chi connectivity index (χ1v) is 7.89. The van der Waals surface area contributed by atoms with Gasteiger partial charge in [-0.25, -0.2) is 4.98 Å². The Labute approximate surface area is 126 Å². The first-order valence-electron chi connectivity index (χ1n) is 7.52. The van der Waals surface area contributed by atoms with Crippen molar-refractivity contribution in [2.45, 2.75) is 65.0 Å². The van der Waals surface area contributed by atoms with Crippen molar-refractivity contribution >= 4 is 17.5 Å². The van der Waals surface area contributed by atoms with E-state index in [1.165, 1.54) is 6.42 Å². The largest absolute Gasteiger partial charge is 0.333 e. The number of carbonyl (C=O) groups excluding carboxylic acids is 1. The summed E-state index contributed by atoms with van der Waals surface area (Å²) in [4.78, 5) is 19.1. The molecule has 1 saturated heterocycles. The third-order valence-electron chi connectivity index (χ3n) is 4.03. The first-order chi connectivity index (χ1) is 9.52. The zero-order chi connectivity index (χ0) is 14.7. The van der Waals surface area contributed by atoms with Crippen LogP contribution in [-0.4, -0.2) is 27.9 Å². The Balaban J connectivity index is 2.27. The molecule has 0 unspecified atom stereocenters. The van der Waals surface area contributed by atoms with Crippen molar-refractivity contribution < 1.29 is 4.79 Å². The molecule has 2 atom stereocenters. The van der Waals surface area contributed by atoms with Gasteiger partial charge in [-0.3, -0.25) is 4.79 Å². The number of amides is 1. The number of nitrogens with zero attached hydrogens (tertiary/aromatic N) is 2. The second kappa shape index (κ2) is 6.57. The van der Waals surface area contributed by atoms with E-state index in [1.807, 2.05) is 11.0 Å². The van der Waals surface area contributed by atoms with Crippen LogP contribution in [0.2, 0.25) is 5.15 Å². The molecule has 20 heavy (non-hydrogen) atoms. The number of pyridine rings is 1. The highest BCUT2D eigenvalue weighted by Gasteiger charge is 2.29. The maximum absolute atomic E-state index is 12.8. The lowest BCUT2D eigenvalue weighted by molar-refractivity contribution is 0.0510. The highest BCUT2D eigenvalue weighted by atomic mass is 35.5. The number of aryl methyl sites for hydroxylation is 1. The van der Waals surface area contributed by atoms with Crippen LogP contribution in [0.3, 0.4) is 0 Å². The van der Waals surface area contributed by atoms with Gasteiger partial charge in [-0.15, -0.1) is 0 Å². The highest BCUT2D eigenvalue weighted by Crippen LogP contribution is 2.25. The number of hydrogen-bond donors (Lipinski definition) is 0. The predicted octanol–water partition coefficient (Wildman–Crippen LogP) is 4.09. The average molecular weight is 295 g/mol. The number of likely N-dealkylation sites (tertiary alicyclic amines) is 1. The van der Waals surface area contributed by atoms with Gasteiger partial charge < -0.3 is 4.90 Å². The maximum atomic E-state index is 12.8. The van der Waals surface area contributed by atoms with Crippen LogP contribution in [-0.2, 0) is 6.42 Å². The van der Waals surface area contributed by atoms with Crippen molar-refractivity contribution in [1.29, 1.82) is 0 Å². The fraction of sp³-hybridized carbons (Fsp3) is 0.625. The van der Waals surface area contributed by atoms with Crippen LogP contribution in [0.25, 0.3) is 0 Å². The topological polar surface area (TPSA) is 33.2 Å². The number of carbonyl (C=O) groups is 1. The van der Waals surface area contributed by atoms with Crippen LogP contribution in [0.4, 0.5) is 0 Å². The molecule has 0 aromatic carbocycles. The molecule has 0 radical (unpaired) electrons. The molecule has 0 bridgehead atoms. The van der Waals surface area contributed by atoms with Crippen LogP contribution in [0.15, 0.2) is 12.1 Å². The van der Waals surface area contributed by atoms with Crippen LogP contribution < -0.4 is 0 Å². The maximum Gasteiger partial charge on any atom is 0.254 e. The Morgan fingerprint density at radius 3 is 2.60 bits per heavy atom. The van der Waals surface area contributed by atoms with Gasteiger partial charge in [0.25, 0.3) is 5.91 Å². The summed E-state index contributed by atoms with van der Waals surface area (Å²) in [5.74, 6) is 0.0892. The van der Waals surface area contributed by atoms with Crippen molar-refractivity contribution in [2.24, 2.45) is 0 Å². The van der Waals surface area contributed by atoms with Gasteiger partial charge in [0.1, 0.15) is 5.15 Å². The second-order valence-corrected chi connectivity index (χ2v) is 6.15. The van der Waals surface area contributed by atoms with E-state index in [0.717, 1.165) is 31.4 Å². The Morgan fingerprint density at radius 2 is 2.00 bits per heavy atom. The molecule has 1 aliphatic heterocycles. The zero-order valence-electron chi connectivity index (χ0n) is 12.5. The molecule has 110 valence electrons. The standard InChI is InChI=1S/C16H23ClN2O/c1-4-6-14-9-13(10-15(17)18-14)16(20)19-11(2)7-5-8-12(19)3/h9-12H,4-8H2,1-3H3/t11-,12+. The normalized spacial score (nSPS) is 22.9. The van der Waals surface area contributed by atoms with Crippen molar-refractivity contribution in [2.75, 3.05) is 0 Å². The zero-order valence-corrected chi connectivity index (χ0v) is 13.3. The quantitative estimate of drug-likeness (QED) is 0.787. The molecule has 0 N–H and O–H groups in total. The Hall–Kier alpha value is -1.09. The van der Waals surface area contributed by atoms with Gasteiger partial charge >= 0.3 is 0 Å². The molecule has 3 nitrogen and oxygen atoms in total. The van der Waals surface area contributed by atoms with E-state index in [-0.39, 0.29) is 5.91 Å². The van der Waals surface area contributed by atoms with Gasteiger partial charge in [0.15, 0.2) is 0 Å². The molecule has 2 heterocycles. The Kier molecular flexibility index (Phi) is 5.03. The van der Waals surface area contributed by atoms with E-state index in [1.54, 1.807) is 6.07 Å². The summed E-state index contributed by atoms with van der Waals surface area (Å²) in [6.07, 6.45) is 5.21. The van der Waals surface area contributed by atoms with Gasteiger partial charge in [-0.1, -0.05) is 24.9 Å². The summed E-state index contributed by atoms with van der Waals surface area (Å²) in [5, 5.41) is 0.414. The van der Waals surface area contributed by atoms with Gasteiger partial charge in [-0.05, 0) is 51.7 Å². The SMILES string of the molecule is CCCc1cc(C(=O)N2[C@H](C)CCC[C@@H]2C)cc(Cl)n1. The van der Waals surface area contributed by atoms with Crippen molar-refractivity contribution in [3.63, 3.8) is 0 Å². The number of rotatable bonds is 3. The number of piperidine rings is 1. The molecule has 1 aromatic heterocycles. The monoisotopic (exact) mass is 294 g/mol. The molecule has 1 aromatic rings. The lowest BCUT2D eigenvalue weighted by atomic mass is 9.96. The Bertz CT molecular complexity index is 479. The lowest BCUT2D eigenvalue weighted by Crippen LogP contribution is -2.47. The van der Waals surface area contributed by atoms with Crippen molar-refractivity contribution in [3.8, 4) is 0 Å². The fourth-order valence-electron chi connectivity index (χ4n) is 3.03. The minimum atomic E-state index is 0.0892. The lowest BCUT2D eigenvalue weighted by Gasteiger charge is -2.39.